The van der Waals surface area contributed by atoms with Crippen molar-refractivity contribution in [3.05, 3.63) is 17.4 Å². The zero-order chi connectivity index (χ0) is 20.1. The van der Waals surface area contributed by atoms with Gasteiger partial charge in [-0.05, 0) is 109 Å². The Kier molecular flexibility index (Phi) is 5.68. The number of hydrogen-bond donors (Lipinski definition) is 0. The van der Waals surface area contributed by atoms with Gasteiger partial charge in [0.15, 0.2) is 0 Å². The molecule has 4 aliphatic rings. The van der Waals surface area contributed by atoms with Gasteiger partial charge in [0.25, 0.3) is 0 Å². The maximum Gasteiger partial charge on any atom is -0.000629 e. The third kappa shape index (κ3) is 3.37. The van der Waals surface area contributed by atoms with Gasteiger partial charge < -0.3 is 0 Å². The topological polar surface area (TPSA) is 0 Å². The van der Waals surface area contributed by atoms with Gasteiger partial charge in [0.2, 0.25) is 0 Å². The van der Waals surface area contributed by atoms with E-state index in [0.29, 0.717) is 10.8 Å². The first-order valence-electron chi connectivity index (χ1n) is 12.7. The minimum absolute atomic E-state index is 0.466. The quantitative estimate of drug-likeness (QED) is 0.418. The first-order chi connectivity index (χ1) is 13.3. The molecule has 0 aromatic rings. The molecule has 0 bridgehead atoms. The summed E-state index contributed by atoms with van der Waals surface area (Å²) in [7, 11) is 0. The number of allylic oxidation sites excluding steroid dienone is 1. The van der Waals surface area contributed by atoms with Crippen LogP contribution >= 0.6 is 0 Å². The summed E-state index contributed by atoms with van der Waals surface area (Å²) in [6, 6.07) is 0. The summed E-state index contributed by atoms with van der Waals surface area (Å²) in [5.41, 5.74) is 6.65. The van der Waals surface area contributed by atoms with Crippen LogP contribution in [0.5, 0.6) is 0 Å². The Labute approximate surface area is 175 Å². The molecule has 3 fully saturated rings. The molecular weight excluding hydrogens is 336 g/mol. The van der Waals surface area contributed by atoms with Crippen molar-refractivity contribution in [2.24, 2.45) is 52.3 Å². The lowest BCUT2D eigenvalue weighted by Crippen LogP contribution is -2.49. The van der Waals surface area contributed by atoms with Gasteiger partial charge in [0.05, 0.1) is 0 Å². The zero-order valence-corrected chi connectivity index (χ0v) is 19.7. The molecule has 0 aromatic heterocycles. The maximum absolute atomic E-state index is 3.90. The Morgan fingerprint density at radius 3 is 2.54 bits per heavy atom. The van der Waals surface area contributed by atoms with Crippen LogP contribution in [0.3, 0.4) is 0 Å². The molecule has 0 aromatic carbocycles. The average molecular weight is 383 g/mol. The Balaban J connectivity index is 1.52. The molecule has 28 heavy (non-hydrogen) atoms. The molecule has 158 valence electrons. The second kappa shape index (κ2) is 7.65. The van der Waals surface area contributed by atoms with Gasteiger partial charge >= 0.3 is 0 Å². The van der Waals surface area contributed by atoms with Gasteiger partial charge in [-0.25, -0.2) is 0 Å². The fraction of sp³-hybridized carbons (Fsp3) is 0.893. The van der Waals surface area contributed by atoms with E-state index < -0.39 is 0 Å². The highest BCUT2D eigenvalue weighted by Crippen LogP contribution is 2.66. The standard InChI is InChI=1S/C28H46/c1-19(2)8-7-9-21(4)24-12-13-25-23-11-10-22-18-20(3)14-16-27(22,5)26(23)15-17-28(24,25)6/h11,19-21,23-26H,7-9,12-18H2,1-6H3. The summed E-state index contributed by atoms with van der Waals surface area (Å²) in [5.74, 6) is 6.25. The average Bonchev–Trinajstić information content (AvgIpc) is 2.99. The lowest BCUT2D eigenvalue weighted by Gasteiger charge is -2.56. The van der Waals surface area contributed by atoms with Crippen LogP contribution in [0.15, 0.2) is 17.4 Å². The number of fused-ring (bicyclic) bond motifs is 5. The number of hydrogen-bond acceptors (Lipinski definition) is 0. The summed E-state index contributed by atoms with van der Waals surface area (Å²) < 4.78 is 0. The van der Waals surface area contributed by atoms with Gasteiger partial charge in [-0.2, -0.15) is 0 Å². The molecule has 0 heterocycles. The van der Waals surface area contributed by atoms with Gasteiger partial charge in [-0.1, -0.05) is 60.8 Å². The van der Waals surface area contributed by atoms with Crippen molar-refractivity contribution < 1.29 is 0 Å². The predicted octanol–water partition coefficient (Wildman–Crippen LogP) is 8.43. The molecule has 0 saturated heterocycles. The third-order valence-corrected chi connectivity index (χ3v) is 10.2. The SMILES string of the molecule is CC(C)CCCC(C)C1CCC2C3C=C=C4CC(C)CCC4(C)C3CCC12C. The van der Waals surface area contributed by atoms with Crippen molar-refractivity contribution >= 4 is 0 Å². The third-order valence-electron chi connectivity index (χ3n) is 10.2. The maximum atomic E-state index is 3.90. The highest BCUT2D eigenvalue weighted by atomic mass is 14.6. The Morgan fingerprint density at radius 1 is 1.00 bits per heavy atom. The first kappa shape index (κ1) is 20.8. The molecule has 8 unspecified atom stereocenters. The van der Waals surface area contributed by atoms with E-state index in [1.807, 2.05) is 0 Å². The Bertz CT molecular complexity index is 634. The fourth-order valence-corrected chi connectivity index (χ4v) is 8.41. The van der Waals surface area contributed by atoms with Crippen LogP contribution < -0.4 is 0 Å². The molecule has 8 atom stereocenters. The smallest absolute Gasteiger partial charge is 0.000629 e. The summed E-state index contributed by atoms with van der Waals surface area (Å²) in [4.78, 5) is 0. The van der Waals surface area contributed by atoms with Crippen molar-refractivity contribution in [2.45, 2.75) is 106 Å². The monoisotopic (exact) mass is 382 g/mol. The largest absolute Gasteiger partial charge is 0.125 e. The Morgan fingerprint density at radius 2 is 1.79 bits per heavy atom. The molecule has 4 aliphatic carbocycles. The molecule has 0 spiro atoms. The van der Waals surface area contributed by atoms with Crippen molar-refractivity contribution in [1.29, 1.82) is 0 Å². The van der Waals surface area contributed by atoms with Crippen molar-refractivity contribution in [1.82, 2.24) is 0 Å². The normalized spacial score (nSPS) is 46.0. The zero-order valence-electron chi connectivity index (χ0n) is 19.7. The number of rotatable bonds is 5. The minimum atomic E-state index is 0.466. The molecule has 0 amide bonds. The second-order valence-corrected chi connectivity index (χ2v) is 12.4. The highest BCUT2D eigenvalue weighted by molar-refractivity contribution is 5.26. The van der Waals surface area contributed by atoms with Gasteiger partial charge in [-0.15, -0.1) is 5.73 Å². The summed E-state index contributed by atoms with van der Waals surface area (Å²) >= 11 is 0. The molecule has 0 radical (unpaired) electrons. The van der Waals surface area contributed by atoms with Crippen LogP contribution in [0.25, 0.3) is 0 Å². The first-order valence-corrected chi connectivity index (χ1v) is 12.7. The van der Waals surface area contributed by atoms with E-state index in [-0.39, 0.29) is 0 Å². The highest BCUT2D eigenvalue weighted by Gasteiger charge is 2.58. The van der Waals surface area contributed by atoms with Crippen molar-refractivity contribution in [3.8, 4) is 0 Å². The van der Waals surface area contributed by atoms with Crippen LogP contribution in [0, 0.1) is 52.3 Å². The van der Waals surface area contributed by atoms with Gasteiger partial charge in [-0.3, -0.25) is 0 Å². The van der Waals surface area contributed by atoms with E-state index in [4.69, 9.17) is 0 Å². The van der Waals surface area contributed by atoms with Gasteiger partial charge in [0.1, 0.15) is 0 Å². The van der Waals surface area contributed by atoms with Crippen LogP contribution in [0.4, 0.5) is 0 Å². The van der Waals surface area contributed by atoms with E-state index in [2.05, 4.69) is 53.3 Å². The van der Waals surface area contributed by atoms with Crippen LogP contribution in [0.2, 0.25) is 0 Å². The van der Waals surface area contributed by atoms with Gasteiger partial charge in [0, 0.05) is 0 Å². The summed E-state index contributed by atoms with van der Waals surface area (Å²) in [6.45, 7) is 15.1. The molecule has 0 nitrogen and oxygen atoms in total. The van der Waals surface area contributed by atoms with Crippen LogP contribution in [-0.4, -0.2) is 0 Å². The van der Waals surface area contributed by atoms with E-state index in [1.54, 1.807) is 5.57 Å². The lowest BCUT2D eigenvalue weighted by atomic mass is 9.48. The van der Waals surface area contributed by atoms with E-state index >= 15 is 0 Å². The summed E-state index contributed by atoms with van der Waals surface area (Å²) in [5, 5.41) is 0. The minimum Gasteiger partial charge on any atom is -0.125 e. The lowest BCUT2D eigenvalue weighted by molar-refractivity contribution is -0.0310. The molecular formula is C28H46. The van der Waals surface area contributed by atoms with Crippen LogP contribution in [0.1, 0.15) is 106 Å². The molecule has 0 heteroatoms. The predicted molar refractivity (Wildman–Crippen MR) is 121 cm³/mol. The van der Waals surface area contributed by atoms with Crippen LogP contribution in [-0.2, 0) is 0 Å². The molecule has 3 saturated carbocycles. The van der Waals surface area contributed by atoms with E-state index in [9.17, 15) is 0 Å². The van der Waals surface area contributed by atoms with E-state index in [0.717, 1.165) is 41.4 Å². The van der Waals surface area contributed by atoms with E-state index in [1.165, 1.54) is 64.2 Å². The Hall–Kier alpha value is -0.480. The summed E-state index contributed by atoms with van der Waals surface area (Å²) in [6.07, 6.45) is 17.0. The molecule has 0 aliphatic heterocycles. The second-order valence-electron chi connectivity index (χ2n) is 12.4. The van der Waals surface area contributed by atoms with Crippen molar-refractivity contribution in [2.75, 3.05) is 0 Å². The van der Waals surface area contributed by atoms with Crippen molar-refractivity contribution in [3.63, 3.8) is 0 Å². The molecule has 0 N–H and O–H groups in total. The fourth-order valence-electron chi connectivity index (χ4n) is 8.41. The molecule has 4 rings (SSSR count).